The van der Waals surface area contributed by atoms with E-state index >= 15 is 0 Å². The van der Waals surface area contributed by atoms with Gasteiger partial charge in [-0.25, -0.2) is 4.79 Å². The number of nitrogens with one attached hydrogen (secondary N) is 1. The zero-order valence-electron chi connectivity index (χ0n) is 23.2. The van der Waals surface area contributed by atoms with Crippen LogP contribution >= 0.6 is 0 Å². The molecule has 0 saturated carbocycles. The Morgan fingerprint density at radius 2 is 1.82 bits per heavy atom. The molecule has 1 saturated heterocycles. The Morgan fingerprint density at radius 3 is 2.54 bits per heavy atom. The number of hydrogen-bond acceptors (Lipinski definition) is 7. The molecule has 2 aliphatic heterocycles. The van der Waals surface area contributed by atoms with Gasteiger partial charge in [0, 0.05) is 29.9 Å². The first-order valence-corrected chi connectivity index (χ1v) is 13.8. The molecule has 0 unspecified atom stereocenters. The molecule has 2 aromatic carbocycles. The molecule has 3 heterocycles. The summed E-state index contributed by atoms with van der Waals surface area (Å²) in [5, 5.41) is 16.6. The van der Waals surface area contributed by atoms with Gasteiger partial charge in [0.25, 0.3) is 5.89 Å². The number of aryl methyl sites for hydroxylation is 2. The van der Waals surface area contributed by atoms with E-state index in [1.54, 1.807) is 0 Å². The van der Waals surface area contributed by atoms with Gasteiger partial charge in [-0.15, -0.1) is 0 Å². The second kappa shape index (κ2) is 11.0. The van der Waals surface area contributed by atoms with E-state index in [-0.39, 0.29) is 13.2 Å². The average molecular weight is 535 g/mol. The normalized spacial score (nSPS) is 17.7. The molecule has 208 valence electrons. The molecule has 9 heteroatoms. The highest BCUT2D eigenvalue weighted by Gasteiger charge is 2.43. The van der Waals surface area contributed by atoms with Crippen molar-refractivity contribution in [1.29, 1.82) is 0 Å². The molecule has 1 fully saturated rings. The summed E-state index contributed by atoms with van der Waals surface area (Å²) >= 11 is 0. The largest absolute Gasteiger partial charge is 0.465 e. The van der Waals surface area contributed by atoms with Crippen LogP contribution in [0.25, 0.3) is 22.8 Å². The number of fused-ring (bicyclic) bond motifs is 1. The number of benzene rings is 2. The second-order valence-electron chi connectivity index (χ2n) is 11.1. The van der Waals surface area contributed by atoms with E-state index in [1.165, 1.54) is 11.1 Å². The highest BCUT2D eigenvalue weighted by molar-refractivity contribution is 5.74. The van der Waals surface area contributed by atoms with Crippen molar-refractivity contribution in [2.24, 2.45) is 0 Å². The van der Waals surface area contributed by atoms with Gasteiger partial charge in [-0.3, -0.25) is 0 Å². The predicted molar refractivity (Wildman–Crippen MR) is 149 cm³/mol. The number of rotatable bonds is 9. The fraction of sp³-hybridized carbons (Fsp3) is 0.500. The van der Waals surface area contributed by atoms with Crippen LogP contribution in [0.3, 0.4) is 0 Å². The highest BCUT2D eigenvalue weighted by Crippen LogP contribution is 2.37. The van der Waals surface area contributed by atoms with Crippen molar-refractivity contribution in [3.63, 3.8) is 0 Å². The number of carboxylic acid groups (broad SMARTS) is 1. The van der Waals surface area contributed by atoms with E-state index in [0.29, 0.717) is 18.3 Å². The van der Waals surface area contributed by atoms with Gasteiger partial charge in [0.05, 0.1) is 13.2 Å². The van der Waals surface area contributed by atoms with Crippen molar-refractivity contribution in [2.45, 2.75) is 71.1 Å². The predicted octanol–water partition coefficient (Wildman–Crippen LogP) is 5.46. The summed E-state index contributed by atoms with van der Waals surface area (Å²) in [5.41, 5.74) is 5.88. The lowest BCUT2D eigenvalue weighted by Crippen LogP contribution is -2.65. The molecule has 0 spiro atoms. The zero-order chi connectivity index (χ0) is 27.6. The van der Waals surface area contributed by atoms with Crippen LogP contribution < -0.4 is 10.2 Å². The number of nitrogens with zero attached hydrogens (tertiary/aromatic N) is 3. The first-order chi connectivity index (χ1) is 18.7. The van der Waals surface area contributed by atoms with Crippen molar-refractivity contribution in [3.05, 3.63) is 53.1 Å². The first kappa shape index (κ1) is 27.1. The third-order valence-corrected chi connectivity index (χ3v) is 7.54. The van der Waals surface area contributed by atoms with Crippen LogP contribution in [0.2, 0.25) is 0 Å². The zero-order valence-corrected chi connectivity index (χ0v) is 23.2. The van der Waals surface area contributed by atoms with Gasteiger partial charge < -0.3 is 29.3 Å². The van der Waals surface area contributed by atoms with Crippen molar-refractivity contribution in [3.8, 4) is 22.8 Å². The van der Waals surface area contributed by atoms with Gasteiger partial charge in [0.2, 0.25) is 5.82 Å². The second-order valence-corrected chi connectivity index (χ2v) is 11.1. The molecule has 2 N–H and O–H groups in total. The van der Waals surface area contributed by atoms with Crippen LogP contribution in [-0.2, 0) is 28.7 Å². The minimum atomic E-state index is -1.10. The van der Waals surface area contributed by atoms with E-state index in [0.717, 1.165) is 61.0 Å². The van der Waals surface area contributed by atoms with E-state index < -0.39 is 17.4 Å². The third-order valence-electron chi connectivity index (χ3n) is 7.54. The van der Waals surface area contributed by atoms with Crippen LogP contribution in [0.1, 0.15) is 57.2 Å². The van der Waals surface area contributed by atoms with E-state index in [1.807, 2.05) is 26.0 Å². The van der Waals surface area contributed by atoms with Gasteiger partial charge in [0.1, 0.15) is 5.54 Å². The molecule has 39 heavy (non-hydrogen) atoms. The Hall–Kier alpha value is -3.43. The number of hydrogen-bond donors (Lipinski definition) is 2. The smallest absolute Gasteiger partial charge is 0.405 e. The molecular formula is C30H38N4O5. The molecule has 1 amide bonds. The summed E-state index contributed by atoms with van der Waals surface area (Å²) < 4.78 is 17.5. The molecule has 0 radical (unpaired) electrons. The van der Waals surface area contributed by atoms with E-state index in [9.17, 15) is 9.90 Å². The van der Waals surface area contributed by atoms with E-state index in [2.05, 4.69) is 53.5 Å². The van der Waals surface area contributed by atoms with Crippen molar-refractivity contribution in [1.82, 2.24) is 15.5 Å². The Morgan fingerprint density at radius 1 is 1.08 bits per heavy atom. The molecule has 5 rings (SSSR count). The monoisotopic (exact) mass is 534 g/mol. The maximum Gasteiger partial charge on any atom is 0.405 e. The summed E-state index contributed by atoms with van der Waals surface area (Å²) in [5.74, 6) is 0.327. The molecule has 0 bridgehead atoms. The van der Waals surface area contributed by atoms with Crippen LogP contribution in [0.4, 0.5) is 10.5 Å². The Labute approximate surface area is 229 Å². The third kappa shape index (κ3) is 5.79. The van der Waals surface area contributed by atoms with E-state index in [4.69, 9.17) is 19.0 Å². The standard InChI is InChI=1S/C30H38N4O5/c1-5-8-20-12-13-22(16-21(20)9-6-2)27-31-26(33-39-27)24-10-7-11-25-23(24)14-15-34(25)17-30(32-28(35)36)18-37-29(3,4)38-19-30/h7,10-13,16,32H,5-6,8-9,14-15,17-19H2,1-4H3,(H,35,36). The van der Waals surface area contributed by atoms with Gasteiger partial charge in [0.15, 0.2) is 5.79 Å². The molecule has 9 nitrogen and oxygen atoms in total. The topological polar surface area (TPSA) is 110 Å². The maximum absolute atomic E-state index is 11.7. The SMILES string of the molecule is CCCc1ccc(-c2nc(-c3cccc4c3CCN4CC3(NC(=O)O)COC(C)(C)OC3)no2)cc1CCC. The quantitative estimate of drug-likeness (QED) is 0.372. The van der Waals surface area contributed by atoms with Crippen LogP contribution in [0.5, 0.6) is 0 Å². The van der Waals surface area contributed by atoms with Crippen molar-refractivity contribution in [2.75, 3.05) is 31.2 Å². The number of amides is 1. The molecule has 3 aromatic rings. The number of anilines is 1. The lowest BCUT2D eigenvalue weighted by atomic mass is 9.97. The number of ether oxygens (including phenoxy) is 2. The van der Waals surface area contributed by atoms with Crippen LogP contribution in [-0.4, -0.2) is 59.0 Å². The summed E-state index contributed by atoms with van der Waals surface area (Å²) in [4.78, 5) is 18.6. The Bertz CT molecular complexity index is 1320. The molecule has 0 aliphatic carbocycles. The minimum absolute atomic E-state index is 0.225. The minimum Gasteiger partial charge on any atom is -0.465 e. The van der Waals surface area contributed by atoms with Gasteiger partial charge in [-0.2, -0.15) is 4.98 Å². The molecule has 0 atom stereocenters. The number of aromatic nitrogens is 2. The Kier molecular flexibility index (Phi) is 7.64. The lowest BCUT2D eigenvalue weighted by molar-refractivity contribution is -0.268. The number of carbonyl (C=O) groups is 1. The first-order valence-electron chi connectivity index (χ1n) is 13.8. The van der Waals surface area contributed by atoms with Crippen LogP contribution in [0, 0.1) is 0 Å². The van der Waals surface area contributed by atoms with Crippen molar-refractivity contribution < 1.29 is 23.9 Å². The fourth-order valence-corrected chi connectivity index (χ4v) is 5.60. The van der Waals surface area contributed by atoms with Crippen molar-refractivity contribution >= 4 is 11.8 Å². The molecular weight excluding hydrogens is 496 g/mol. The summed E-state index contributed by atoms with van der Waals surface area (Å²) in [6, 6.07) is 12.5. The average Bonchev–Trinajstić information content (AvgIpc) is 3.55. The Balaban J connectivity index is 1.40. The van der Waals surface area contributed by atoms with Crippen LogP contribution in [0.15, 0.2) is 40.9 Å². The fourth-order valence-electron chi connectivity index (χ4n) is 5.60. The summed E-state index contributed by atoms with van der Waals surface area (Å²) in [7, 11) is 0. The summed E-state index contributed by atoms with van der Waals surface area (Å²) in [6.45, 7) is 9.67. The molecule has 1 aromatic heterocycles. The summed E-state index contributed by atoms with van der Waals surface area (Å²) in [6.07, 6.45) is 3.98. The van der Waals surface area contributed by atoms with Gasteiger partial charge in [-0.05, 0) is 68.0 Å². The van der Waals surface area contributed by atoms with Gasteiger partial charge in [-0.1, -0.05) is 50.0 Å². The lowest BCUT2D eigenvalue weighted by Gasteiger charge is -2.45. The molecule has 2 aliphatic rings. The highest BCUT2D eigenvalue weighted by atomic mass is 16.7. The van der Waals surface area contributed by atoms with Gasteiger partial charge >= 0.3 is 6.09 Å². The maximum atomic E-state index is 11.7.